The van der Waals surface area contributed by atoms with Gasteiger partial charge in [0.15, 0.2) is 0 Å². The number of hydrogen-bond donors (Lipinski definition) is 0. The molecule has 1 aliphatic rings. The van der Waals surface area contributed by atoms with E-state index >= 15 is 0 Å². The summed E-state index contributed by atoms with van der Waals surface area (Å²) in [5, 5.41) is 4.57. The molecule has 0 radical (unpaired) electrons. The normalized spacial score (nSPS) is 16.6. The first-order chi connectivity index (χ1) is 13.5. The Morgan fingerprint density at radius 2 is 1.18 bits per heavy atom. The van der Waals surface area contributed by atoms with E-state index in [1.807, 2.05) is 0 Å². The Kier molecular flexibility index (Phi) is 5.19. The molecule has 3 aromatic rings. The van der Waals surface area contributed by atoms with Crippen molar-refractivity contribution in [2.24, 2.45) is 5.92 Å². The molecule has 1 aliphatic carbocycles. The molecule has 1 heteroatoms. The molecular formula is C27H28Si. The fourth-order valence-electron chi connectivity index (χ4n) is 4.74. The molecule has 0 amide bonds. The van der Waals surface area contributed by atoms with Crippen molar-refractivity contribution >= 4 is 24.7 Å². The maximum absolute atomic E-state index is 2.54. The first-order valence-electron chi connectivity index (χ1n) is 10.2. The molecule has 0 N–H and O–H groups in total. The van der Waals surface area contributed by atoms with E-state index in [-0.39, 0.29) is 0 Å². The van der Waals surface area contributed by atoms with E-state index in [0.717, 1.165) is 0 Å². The fourth-order valence-corrected chi connectivity index (χ4v) is 8.13. The Bertz CT molecular complexity index is 982. The van der Waals surface area contributed by atoms with Crippen LogP contribution in [0.3, 0.4) is 0 Å². The van der Waals surface area contributed by atoms with Crippen LogP contribution in [0.1, 0.15) is 30.5 Å². The molecule has 0 aromatic heterocycles. The van der Waals surface area contributed by atoms with Gasteiger partial charge in [0, 0.05) is 5.92 Å². The monoisotopic (exact) mass is 380 g/mol. The third-order valence-electron chi connectivity index (χ3n) is 5.83. The summed E-state index contributed by atoms with van der Waals surface area (Å²) in [5.74, 6) is 0.457. The van der Waals surface area contributed by atoms with Crippen molar-refractivity contribution < 1.29 is 0 Å². The summed E-state index contributed by atoms with van der Waals surface area (Å²) in [5.41, 5.74) is 7.07. The lowest BCUT2D eigenvalue weighted by atomic mass is 9.92. The highest BCUT2D eigenvalue weighted by atomic mass is 28.3. The Balaban J connectivity index is 1.85. The lowest BCUT2D eigenvalue weighted by Gasteiger charge is -2.20. The number of aryl methyl sites for hydroxylation is 2. The second-order valence-electron chi connectivity index (χ2n) is 8.08. The second-order valence-corrected chi connectivity index (χ2v) is 10.9. The molecule has 0 bridgehead atoms. The van der Waals surface area contributed by atoms with E-state index in [1.54, 1.807) is 5.20 Å². The van der Waals surface area contributed by atoms with Gasteiger partial charge in [0.05, 0.1) is 0 Å². The Labute approximate surface area is 170 Å². The van der Waals surface area contributed by atoms with Gasteiger partial charge in [-0.2, -0.15) is 0 Å². The van der Waals surface area contributed by atoms with E-state index < -0.39 is 8.80 Å². The average molecular weight is 381 g/mol. The molecule has 4 rings (SSSR count). The van der Waals surface area contributed by atoms with Crippen molar-refractivity contribution in [2.75, 3.05) is 0 Å². The van der Waals surface area contributed by atoms with Crippen LogP contribution in [0.25, 0.3) is 5.57 Å². The average Bonchev–Trinajstić information content (AvgIpc) is 2.97. The highest BCUT2D eigenvalue weighted by Crippen LogP contribution is 2.39. The quantitative estimate of drug-likeness (QED) is 0.543. The van der Waals surface area contributed by atoms with Gasteiger partial charge in [-0.1, -0.05) is 119 Å². The van der Waals surface area contributed by atoms with Crippen LogP contribution in [0, 0.1) is 19.8 Å². The molecule has 3 aromatic carbocycles. The topological polar surface area (TPSA) is 0 Å². The van der Waals surface area contributed by atoms with Crippen LogP contribution in [0.2, 0.25) is 0 Å². The molecule has 1 unspecified atom stereocenters. The molecule has 140 valence electrons. The summed E-state index contributed by atoms with van der Waals surface area (Å²) in [7, 11) is -1.48. The second kappa shape index (κ2) is 7.77. The summed E-state index contributed by atoms with van der Waals surface area (Å²) < 4.78 is 0. The van der Waals surface area contributed by atoms with Crippen LogP contribution in [-0.4, -0.2) is 8.80 Å². The van der Waals surface area contributed by atoms with Crippen molar-refractivity contribution in [2.45, 2.75) is 27.7 Å². The molecule has 0 saturated carbocycles. The van der Waals surface area contributed by atoms with Crippen LogP contribution >= 0.6 is 0 Å². The van der Waals surface area contributed by atoms with E-state index in [4.69, 9.17) is 0 Å². The van der Waals surface area contributed by atoms with Crippen LogP contribution in [0.15, 0.2) is 95.7 Å². The Hall–Kier alpha value is -2.64. The molecular weight excluding hydrogens is 352 g/mol. The minimum atomic E-state index is -1.48. The van der Waals surface area contributed by atoms with Gasteiger partial charge in [-0.05, 0) is 37.5 Å². The molecule has 28 heavy (non-hydrogen) atoms. The molecule has 0 saturated heterocycles. The predicted molar refractivity (Wildman–Crippen MR) is 125 cm³/mol. The SMILES string of the molecule is CC1=C(c2cc(C)cc(C)c2)C(C)C=C1[SiH](c1ccccc1)c1ccccc1. The van der Waals surface area contributed by atoms with Gasteiger partial charge < -0.3 is 0 Å². The van der Waals surface area contributed by atoms with Gasteiger partial charge in [0.25, 0.3) is 0 Å². The van der Waals surface area contributed by atoms with E-state index in [2.05, 4.69) is 113 Å². The zero-order chi connectivity index (χ0) is 19.7. The first kappa shape index (κ1) is 18.7. The maximum atomic E-state index is 2.54. The lowest BCUT2D eigenvalue weighted by Crippen LogP contribution is -2.44. The maximum Gasteiger partial charge on any atom is 0.132 e. The largest absolute Gasteiger partial charge is 0.132 e. The van der Waals surface area contributed by atoms with Crippen LogP contribution in [0.4, 0.5) is 0 Å². The van der Waals surface area contributed by atoms with Crippen LogP contribution < -0.4 is 10.4 Å². The smallest absolute Gasteiger partial charge is 0.0772 e. The highest BCUT2D eigenvalue weighted by molar-refractivity contribution is 6.91. The number of hydrogen-bond acceptors (Lipinski definition) is 0. The molecule has 0 heterocycles. The van der Waals surface area contributed by atoms with Gasteiger partial charge in [0.2, 0.25) is 0 Å². The summed E-state index contributed by atoms with van der Waals surface area (Å²) >= 11 is 0. The molecule has 0 fully saturated rings. The summed E-state index contributed by atoms with van der Waals surface area (Å²) in [6.45, 7) is 9.09. The molecule has 0 spiro atoms. The zero-order valence-corrected chi connectivity index (χ0v) is 18.4. The fraction of sp³-hybridized carbons (Fsp3) is 0.185. The first-order valence-corrected chi connectivity index (χ1v) is 11.9. The summed E-state index contributed by atoms with van der Waals surface area (Å²) in [6, 6.07) is 29.2. The predicted octanol–water partition coefficient (Wildman–Crippen LogP) is 5.23. The molecule has 1 atom stereocenters. The zero-order valence-electron chi connectivity index (χ0n) is 17.2. The third-order valence-corrected chi connectivity index (χ3v) is 9.18. The summed E-state index contributed by atoms with van der Waals surface area (Å²) in [6.07, 6.45) is 2.54. The highest BCUT2D eigenvalue weighted by Gasteiger charge is 2.30. The van der Waals surface area contributed by atoms with Gasteiger partial charge in [-0.15, -0.1) is 0 Å². The molecule has 0 aliphatic heterocycles. The van der Waals surface area contributed by atoms with Gasteiger partial charge in [0.1, 0.15) is 8.80 Å². The Morgan fingerprint density at radius 3 is 1.68 bits per heavy atom. The van der Waals surface area contributed by atoms with E-state index in [0.29, 0.717) is 5.92 Å². The van der Waals surface area contributed by atoms with Crippen molar-refractivity contribution in [3.63, 3.8) is 0 Å². The minimum Gasteiger partial charge on any atom is -0.0772 e. The van der Waals surface area contributed by atoms with E-state index in [1.165, 1.54) is 38.2 Å². The van der Waals surface area contributed by atoms with Crippen molar-refractivity contribution in [1.29, 1.82) is 0 Å². The number of allylic oxidation sites excluding steroid dienone is 4. The Morgan fingerprint density at radius 1 is 0.679 bits per heavy atom. The van der Waals surface area contributed by atoms with Gasteiger partial charge >= 0.3 is 0 Å². The molecule has 0 nitrogen and oxygen atoms in total. The standard InChI is InChI=1S/C27H28Si/c1-19-15-20(2)17-23(16-19)27-21(3)18-26(22(27)4)28(24-11-7-5-8-12-24)25-13-9-6-10-14-25/h5-18,21,28H,1-4H3. The van der Waals surface area contributed by atoms with Crippen molar-refractivity contribution in [3.8, 4) is 0 Å². The lowest BCUT2D eigenvalue weighted by molar-refractivity contribution is 0.976. The minimum absolute atomic E-state index is 0.457. The van der Waals surface area contributed by atoms with Crippen LogP contribution in [0.5, 0.6) is 0 Å². The van der Waals surface area contributed by atoms with E-state index in [9.17, 15) is 0 Å². The van der Waals surface area contributed by atoms with Gasteiger partial charge in [-0.3, -0.25) is 0 Å². The van der Waals surface area contributed by atoms with Gasteiger partial charge in [-0.25, -0.2) is 0 Å². The van der Waals surface area contributed by atoms with Crippen molar-refractivity contribution in [3.05, 3.63) is 112 Å². The van der Waals surface area contributed by atoms with Crippen molar-refractivity contribution in [1.82, 2.24) is 0 Å². The number of rotatable bonds is 4. The summed E-state index contributed by atoms with van der Waals surface area (Å²) in [4.78, 5) is 0. The number of benzene rings is 3. The third kappa shape index (κ3) is 3.55. The van der Waals surface area contributed by atoms with Crippen LogP contribution in [-0.2, 0) is 0 Å².